The molecule has 1 nitrogen and oxygen atoms in total. The Hall–Kier alpha value is -0.560. The molecular formula is C10H16N. The molecule has 11 heavy (non-hydrogen) atoms. The van der Waals surface area contributed by atoms with E-state index >= 15 is 0 Å². The highest BCUT2D eigenvalue weighted by Gasteiger charge is 2.35. The normalized spacial score (nSPS) is 30.9. The summed E-state index contributed by atoms with van der Waals surface area (Å²) in [5.41, 5.74) is 5.96. The fourth-order valence-electron chi connectivity index (χ4n) is 1.05. The Bertz CT molecular complexity index is 195. The minimum atomic E-state index is -0.276. The summed E-state index contributed by atoms with van der Waals surface area (Å²) in [6.45, 7) is 6.44. The molecule has 1 atom stereocenters. The van der Waals surface area contributed by atoms with Crippen molar-refractivity contribution in [3.05, 3.63) is 30.7 Å². The molecule has 0 fully saturated rings. The van der Waals surface area contributed by atoms with Crippen molar-refractivity contribution in [3.8, 4) is 0 Å². The van der Waals surface area contributed by atoms with Gasteiger partial charge in [-0.25, -0.2) is 0 Å². The smallest absolute Gasteiger partial charge is 0.0461 e. The van der Waals surface area contributed by atoms with Crippen molar-refractivity contribution < 1.29 is 0 Å². The molecule has 1 radical (unpaired) electrons. The highest BCUT2D eigenvalue weighted by atomic mass is 14.8. The molecule has 0 aromatic carbocycles. The molecular weight excluding hydrogens is 134 g/mol. The maximum absolute atomic E-state index is 6.14. The second-order valence-corrected chi connectivity index (χ2v) is 4.09. The van der Waals surface area contributed by atoms with Crippen molar-refractivity contribution in [3.63, 3.8) is 0 Å². The predicted molar refractivity (Wildman–Crippen MR) is 49.0 cm³/mol. The van der Waals surface area contributed by atoms with Gasteiger partial charge in [-0.15, -0.1) is 0 Å². The number of rotatable bonds is 0. The van der Waals surface area contributed by atoms with Crippen LogP contribution in [0.2, 0.25) is 0 Å². The first-order chi connectivity index (χ1) is 4.96. The number of hydrogen-bond acceptors (Lipinski definition) is 1. The third-order valence-electron chi connectivity index (χ3n) is 2.27. The van der Waals surface area contributed by atoms with Crippen LogP contribution in [0.1, 0.15) is 20.8 Å². The second kappa shape index (κ2) is 2.49. The zero-order valence-corrected chi connectivity index (χ0v) is 7.46. The van der Waals surface area contributed by atoms with Crippen molar-refractivity contribution in [2.45, 2.75) is 26.3 Å². The molecule has 0 saturated carbocycles. The third-order valence-corrected chi connectivity index (χ3v) is 2.27. The largest absolute Gasteiger partial charge is 0.321 e. The van der Waals surface area contributed by atoms with Crippen molar-refractivity contribution in [1.82, 2.24) is 0 Å². The fourth-order valence-corrected chi connectivity index (χ4v) is 1.05. The maximum Gasteiger partial charge on any atom is 0.0461 e. The molecule has 2 N–H and O–H groups in total. The molecule has 1 unspecified atom stereocenters. The van der Waals surface area contributed by atoms with E-state index in [4.69, 9.17) is 5.73 Å². The van der Waals surface area contributed by atoms with Crippen LogP contribution in [0.4, 0.5) is 0 Å². The van der Waals surface area contributed by atoms with Gasteiger partial charge in [0.25, 0.3) is 0 Å². The zero-order valence-electron chi connectivity index (χ0n) is 7.46. The minimum absolute atomic E-state index is 0.0915. The van der Waals surface area contributed by atoms with E-state index < -0.39 is 0 Å². The van der Waals surface area contributed by atoms with Crippen molar-refractivity contribution in [2.24, 2.45) is 11.1 Å². The van der Waals surface area contributed by atoms with Gasteiger partial charge in [-0.3, -0.25) is 0 Å². The van der Waals surface area contributed by atoms with Gasteiger partial charge in [-0.1, -0.05) is 45.1 Å². The first-order valence-corrected chi connectivity index (χ1v) is 3.95. The zero-order chi connectivity index (χ0) is 8.54. The summed E-state index contributed by atoms with van der Waals surface area (Å²) >= 11 is 0. The Balaban J connectivity index is 2.84. The Morgan fingerprint density at radius 2 is 1.73 bits per heavy atom. The molecule has 1 aliphatic carbocycles. The summed E-state index contributed by atoms with van der Waals surface area (Å²) < 4.78 is 0. The summed E-state index contributed by atoms with van der Waals surface area (Å²) in [5, 5.41) is 0. The monoisotopic (exact) mass is 150 g/mol. The van der Waals surface area contributed by atoms with Crippen LogP contribution in [0.5, 0.6) is 0 Å². The molecule has 0 amide bonds. The topological polar surface area (TPSA) is 26.0 Å². The molecule has 0 aliphatic heterocycles. The quantitative estimate of drug-likeness (QED) is 0.562. The van der Waals surface area contributed by atoms with Crippen molar-refractivity contribution in [1.29, 1.82) is 0 Å². The minimum Gasteiger partial charge on any atom is -0.321 e. The van der Waals surface area contributed by atoms with Crippen LogP contribution in [-0.4, -0.2) is 5.54 Å². The molecule has 1 heteroatoms. The summed E-state index contributed by atoms with van der Waals surface area (Å²) in [7, 11) is 0. The molecule has 0 aromatic rings. The first kappa shape index (κ1) is 8.54. The van der Waals surface area contributed by atoms with Gasteiger partial charge in [0.2, 0.25) is 0 Å². The van der Waals surface area contributed by atoms with Gasteiger partial charge in [-0.2, -0.15) is 0 Å². The van der Waals surface area contributed by atoms with Crippen LogP contribution >= 0.6 is 0 Å². The standard InChI is InChI=1S/C10H16N/c1-9(2,3)10(11)7-5-4-6-8-10/h4-8H,11H2,1-3H3. The highest BCUT2D eigenvalue weighted by Crippen LogP contribution is 2.33. The summed E-state index contributed by atoms with van der Waals surface area (Å²) in [5.74, 6) is 0. The van der Waals surface area contributed by atoms with E-state index in [2.05, 4.69) is 20.8 Å². The van der Waals surface area contributed by atoms with Gasteiger partial charge < -0.3 is 5.73 Å². The third kappa shape index (κ3) is 1.54. The first-order valence-electron chi connectivity index (χ1n) is 3.95. The molecule has 0 aromatic heterocycles. The fraction of sp³-hybridized carbons (Fsp3) is 0.500. The van der Waals surface area contributed by atoms with Gasteiger partial charge in [0.1, 0.15) is 0 Å². The predicted octanol–water partition coefficient (Wildman–Crippen LogP) is 2.06. The second-order valence-electron chi connectivity index (χ2n) is 4.09. The van der Waals surface area contributed by atoms with Crippen LogP contribution in [-0.2, 0) is 0 Å². The van der Waals surface area contributed by atoms with Crippen LogP contribution in [0, 0.1) is 11.8 Å². The molecule has 0 spiro atoms. The average molecular weight is 150 g/mol. The van der Waals surface area contributed by atoms with E-state index in [0.717, 1.165) is 0 Å². The summed E-state index contributed by atoms with van der Waals surface area (Å²) in [6.07, 6.45) is 10.1. The Kier molecular flexibility index (Phi) is 1.93. The van der Waals surface area contributed by atoms with Crippen LogP contribution < -0.4 is 5.73 Å². The molecule has 61 valence electrons. The number of allylic oxidation sites excluding steroid dienone is 2. The lowest BCUT2D eigenvalue weighted by Crippen LogP contribution is -2.50. The lowest BCUT2D eigenvalue weighted by Gasteiger charge is -2.39. The van der Waals surface area contributed by atoms with E-state index in [1.54, 1.807) is 0 Å². The van der Waals surface area contributed by atoms with Gasteiger partial charge in [0.15, 0.2) is 0 Å². The SMILES string of the molecule is CC(C)(C)C1(N)[CH]C=CC=C1. The lowest BCUT2D eigenvalue weighted by atomic mass is 9.71. The lowest BCUT2D eigenvalue weighted by molar-refractivity contribution is 0.279. The van der Waals surface area contributed by atoms with Gasteiger partial charge in [-0.05, 0) is 5.41 Å². The summed E-state index contributed by atoms with van der Waals surface area (Å²) in [6, 6.07) is 0. The van der Waals surface area contributed by atoms with E-state index in [-0.39, 0.29) is 11.0 Å². The Morgan fingerprint density at radius 1 is 1.09 bits per heavy atom. The van der Waals surface area contributed by atoms with Gasteiger partial charge in [0, 0.05) is 12.0 Å². The Morgan fingerprint density at radius 3 is 2.00 bits per heavy atom. The van der Waals surface area contributed by atoms with E-state index in [1.165, 1.54) is 0 Å². The average Bonchev–Trinajstić information content (AvgIpc) is 1.87. The summed E-state index contributed by atoms with van der Waals surface area (Å²) in [4.78, 5) is 0. The van der Waals surface area contributed by atoms with Crippen molar-refractivity contribution in [2.75, 3.05) is 0 Å². The van der Waals surface area contributed by atoms with Crippen LogP contribution in [0.25, 0.3) is 0 Å². The molecule has 1 rings (SSSR count). The molecule has 0 heterocycles. The van der Waals surface area contributed by atoms with Crippen molar-refractivity contribution >= 4 is 0 Å². The highest BCUT2D eigenvalue weighted by molar-refractivity contribution is 5.31. The van der Waals surface area contributed by atoms with E-state index in [9.17, 15) is 0 Å². The van der Waals surface area contributed by atoms with Crippen LogP contribution in [0.3, 0.4) is 0 Å². The maximum atomic E-state index is 6.14. The molecule has 0 bridgehead atoms. The molecule has 0 saturated heterocycles. The van der Waals surface area contributed by atoms with Gasteiger partial charge in [0.05, 0.1) is 0 Å². The van der Waals surface area contributed by atoms with Gasteiger partial charge >= 0.3 is 0 Å². The van der Waals surface area contributed by atoms with Crippen LogP contribution in [0.15, 0.2) is 24.3 Å². The number of nitrogens with two attached hydrogens (primary N) is 1. The number of hydrogen-bond donors (Lipinski definition) is 1. The van der Waals surface area contributed by atoms with E-state index in [1.807, 2.05) is 30.7 Å². The Labute approximate surface area is 69.0 Å². The molecule has 1 aliphatic rings. The van der Waals surface area contributed by atoms with E-state index in [0.29, 0.717) is 0 Å².